The van der Waals surface area contributed by atoms with Gasteiger partial charge >= 0.3 is 0 Å². The highest BCUT2D eigenvalue weighted by Crippen LogP contribution is 2.90. The van der Waals surface area contributed by atoms with Crippen molar-refractivity contribution in [3.8, 4) is 0 Å². The molecule has 0 N–H and O–H groups in total. The van der Waals surface area contributed by atoms with Gasteiger partial charge in [-0.05, 0) is 61.2 Å². The lowest BCUT2D eigenvalue weighted by atomic mass is 9.92. The van der Waals surface area contributed by atoms with E-state index in [1.807, 2.05) is 0 Å². The van der Waals surface area contributed by atoms with Crippen LogP contribution in [0, 0.1) is 22.7 Å². The molecule has 60 valence electrons. The molecule has 0 aromatic heterocycles. The molecular formula is C11H16. The monoisotopic (exact) mass is 148 g/mol. The third-order valence-corrected chi connectivity index (χ3v) is 5.74. The summed E-state index contributed by atoms with van der Waals surface area (Å²) in [6.07, 6.45) is 11.3. The zero-order chi connectivity index (χ0) is 7.10. The molecule has 0 amide bonds. The van der Waals surface area contributed by atoms with Crippen LogP contribution in [0.25, 0.3) is 0 Å². The smallest absolute Gasteiger partial charge is 0.0201 e. The molecule has 4 saturated carbocycles. The first-order chi connectivity index (χ1) is 5.39. The van der Waals surface area contributed by atoms with E-state index in [0.29, 0.717) is 0 Å². The normalized spacial score (nSPS) is 69.8. The summed E-state index contributed by atoms with van der Waals surface area (Å²) in [4.78, 5) is 0. The molecule has 0 aromatic rings. The van der Waals surface area contributed by atoms with Crippen molar-refractivity contribution in [3.05, 3.63) is 0 Å². The summed E-state index contributed by atoms with van der Waals surface area (Å²) < 4.78 is 0. The fraction of sp³-hybridized carbons (Fsp3) is 1.00. The predicted molar refractivity (Wildman–Crippen MR) is 44.2 cm³/mol. The maximum Gasteiger partial charge on any atom is -0.0201 e. The molecule has 0 heteroatoms. The van der Waals surface area contributed by atoms with Crippen molar-refractivity contribution >= 4 is 0 Å². The molecule has 0 aliphatic heterocycles. The first-order valence-electron chi connectivity index (χ1n) is 5.39. The van der Waals surface area contributed by atoms with Gasteiger partial charge in [-0.15, -0.1) is 0 Å². The lowest BCUT2D eigenvalue weighted by Gasteiger charge is -2.13. The van der Waals surface area contributed by atoms with Gasteiger partial charge in [0.2, 0.25) is 0 Å². The Morgan fingerprint density at radius 3 is 2.00 bits per heavy atom. The van der Waals surface area contributed by atoms with Crippen LogP contribution < -0.4 is 0 Å². The molecule has 0 bridgehead atoms. The topological polar surface area (TPSA) is 0 Å². The Morgan fingerprint density at radius 1 is 0.818 bits per heavy atom. The summed E-state index contributed by atoms with van der Waals surface area (Å²) in [7, 11) is 0. The van der Waals surface area contributed by atoms with E-state index in [4.69, 9.17) is 0 Å². The van der Waals surface area contributed by atoms with Crippen molar-refractivity contribution < 1.29 is 0 Å². The number of hydrogen-bond donors (Lipinski definition) is 0. The van der Waals surface area contributed by atoms with Crippen LogP contribution in [0.4, 0.5) is 0 Å². The summed E-state index contributed by atoms with van der Waals surface area (Å²) in [5.41, 5.74) is 1.94. The maximum atomic E-state index is 1.63. The van der Waals surface area contributed by atoms with Gasteiger partial charge in [-0.3, -0.25) is 0 Å². The highest BCUT2D eigenvalue weighted by molar-refractivity contribution is 5.31. The van der Waals surface area contributed by atoms with E-state index in [1.54, 1.807) is 44.9 Å². The van der Waals surface area contributed by atoms with Crippen molar-refractivity contribution in [2.75, 3.05) is 0 Å². The molecule has 0 nitrogen and oxygen atoms in total. The zero-order valence-electron chi connectivity index (χ0n) is 7.10. The molecule has 0 heterocycles. The lowest BCUT2D eigenvalue weighted by molar-refractivity contribution is 0.367. The molecule has 0 aromatic carbocycles. The SMILES string of the molecule is C1CC23CCC4CCC2(C1)C43. The molecule has 2 spiro atoms. The third kappa shape index (κ3) is 0.346. The molecule has 4 fully saturated rings. The third-order valence-electron chi connectivity index (χ3n) is 5.74. The van der Waals surface area contributed by atoms with E-state index >= 15 is 0 Å². The fourth-order valence-corrected chi connectivity index (χ4v) is 5.63. The van der Waals surface area contributed by atoms with Crippen molar-refractivity contribution in [1.82, 2.24) is 0 Å². The van der Waals surface area contributed by atoms with E-state index in [1.165, 1.54) is 11.8 Å². The minimum absolute atomic E-state index is 0.968. The Hall–Kier alpha value is 0. The molecular weight excluding hydrogens is 132 g/mol. The van der Waals surface area contributed by atoms with E-state index < -0.39 is 0 Å². The Balaban J connectivity index is 1.91. The summed E-state index contributed by atoms with van der Waals surface area (Å²) in [6, 6.07) is 0. The fourth-order valence-electron chi connectivity index (χ4n) is 5.63. The molecule has 2 unspecified atom stereocenters. The molecule has 4 rings (SSSR count). The Morgan fingerprint density at radius 2 is 1.45 bits per heavy atom. The summed E-state index contributed by atoms with van der Waals surface area (Å²) >= 11 is 0. The van der Waals surface area contributed by atoms with Crippen LogP contribution in [0.3, 0.4) is 0 Å². The first-order valence-corrected chi connectivity index (χ1v) is 5.39. The van der Waals surface area contributed by atoms with Gasteiger partial charge in [0.05, 0.1) is 0 Å². The highest BCUT2D eigenvalue weighted by atomic mass is 14.9. The largest absolute Gasteiger partial charge is 0.0522 e. The van der Waals surface area contributed by atoms with Gasteiger partial charge in [0.15, 0.2) is 0 Å². The average molecular weight is 148 g/mol. The highest BCUT2D eigenvalue weighted by Gasteiger charge is 2.83. The van der Waals surface area contributed by atoms with Crippen LogP contribution in [-0.2, 0) is 0 Å². The Kier molecular flexibility index (Phi) is 0.661. The molecule has 4 aliphatic rings. The first kappa shape index (κ1) is 5.61. The van der Waals surface area contributed by atoms with Gasteiger partial charge in [0, 0.05) is 0 Å². The summed E-state index contributed by atoms with van der Waals surface area (Å²) in [6.45, 7) is 0. The lowest BCUT2D eigenvalue weighted by Crippen LogP contribution is -2.04. The standard InChI is InChI=1S/C11H16/c1-4-10-6-2-8-3-7-11(10,5-1)9(8)10/h8-9H,1-7H2. The van der Waals surface area contributed by atoms with E-state index in [2.05, 4.69) is 0 Å². The van der Waals surface area contributed by atoms with E-state index in [-0.39, 0.29) is 0 Å². The van der Waals surface area contributed by atoms with E-state index in [0.717, 1.165) is 10.8 Å². The molecule has 4 aliphatic carbocycles. The maximum absolute atomic E-state index is 1.63. The number of hydrogen-bond acceptors (Lipinski definition) is 0. The average Bonchev–Trinajstić information content (AvgIpc) is 2.52. The molecule has 2 atom stereocenters. The van der Waals surface area contributed by atoms with Gasteiger partial charge in [0.25, 0.3) is 0 Å². The molecule has 0 saturated heterocycles. The minimum Gasteiger partial charge on any atom is -0.0522 e. The summed E-state index contributed by atoms with van der Waals surface area (Å²) in [5.74, 6) is 2.46. The van der Waals surface area contributed by atoms with Crippen molar-refractivity contribution in [2.24, 2.45) is 22.7 Å². The van der Waals surface area contributed by atoms with Crippen LogP contribution in [0.5, 0.6) is 0 Å². The second kappa shape index (κ2) is 1.30. The van der Waals surface area contributed by atoms with Crippen LogP contribution in [0.1, 0.15) is 44.9 Å². The Bertz CT molecular complexity index is 210. The molecule has 11 heavy (non-hydrogen) atoms. The van der Waals surface area contributed by atoms with E-state index in [9.17, 15) is 0 Å². The van der Waals surface area contributed by atoms with Gasteiger partial charge in [-0.25, -0.2) is 0 Å². The quantitative estimate of drug-likeness (QED) is 0.495. The van der Waals surface area contributed by atoms with Crippen molar-refractivity contribution in [3.63, 3.8) is 0 Å². The van der Waals surface area contributed by atoms with Crippen molar-refractivity contribution in [2.45, 2.75) is 44.9 Å². The van der Waals surface area contributed by atoms with Crippen LogP contribution >= 0.6 is 0 Å². The predicted octanol–water partition coefficient (Wildman–Crippen LogP) is 2.98. The zero-order valence-corrected chi connectivity index (χ0v) is 7.10. The Labute approximate surface area is 68.4 Å². The minimum atomic E-state index is 0.968. The van der Waals surface area contributed by atoms with Gasteiger partial charge in [-0.2, -0.15) is 0 Å². The number of rotatable bonds is 0. The van der Waals surface area contributed by atoms with Crippen molar-refractivity contribution in [1.29, 1.82) is 0 Å². The van der Waals surface area contributed by atoms with Gasteiger partial charge < -0.3 is 0 Å². The summed E-state index contributed by atoms with van der Waals surface area (Å²) in [5, 5.41) is 0. The van der Waals surface area contributed by atoms with Crippen LogP contribution in [0.15, 0.2) is 0 Å². The van der Waals surface area contributed by atoms with Crippen LogP contribution in [0.2, 0.25) is 0 Å². The second-order valence-electron chi connectivity index (χ2n) is 5.48. The van der Waals surface area contributed by atoms with Crippen LogP contribution in [-0.4, -0.2) is 0 Å². The molecule has 0 radical (unpaired) electrons. The van der Waals surface area contributed by atoms with Gasteiger partial charge in [-0.1, -0.05) is 6.42 Å². The second-order valence-corrected chi connectivity index (χ2v) is 5.48. The van der Waals surface area contributed by atoms with Gasteiger partial charge in [0.1, 0.15) is 0 Å².